The van der Waals surface area contributed by atoms with Gasteiger partial charge in [-0.3, -0.25) is 0 Å². The van der Waals surface area contributed by atoms with Crippen LogP contribution in [0, 0.1) is 47.3 Å². The van der Waals surface area contributed by atoms with Crippen molar-refractivity contribution < 1.29 is 40.1 Å². The molecule has 1 saturated heterocycles. The number of H-pyrrole nitrogens is 1. The zero-order valence-corrected chi connectivity index (χ0v) is 36.4. The molecule has 11 unspecified atom stereocenters. The van der Waals surface area contributed by atoms with Gasteiger partial charge in [-0.15, -0.1) is 0 Å². The fraction of sp³-hybridized carbons (Fsp3) is 0.617. The number of aromatic hydroxyl groups is 1. The van der Waals surface area contributed by atoms with E-state index < -0.39 is 24.2 Å². The molecule has 3 aliphatic carbocycles. The van der Waals surface area contributed by atoms with E-state index in [0.717, 1.165) is 60.1 Å². The third kappa shape index (κ3) is 10.4. The molecule has 3 heterocycles. The van der Waals surface area contributed by atoms with E-state index in [-0.39, 0.29) is 79.5 Å². The molecule has 2 aromatic rings. The summed E-state index contributed by atoms with van der Waals surface area (Å²) in [5.41, 5.74) is 13.0. The molecule has 1 fully saturated rings. The largest absolute Gasteiger partial charge is 0.504 e. The number of hydrogen-bond donors (Lipinski definition) is 9. The van der Waals surface area contributed by atoms with Crippen LogP contribution in [-0.2, 0) is 17.6 Å². The van der Waals surface area contributed by atoms with E-state index in [9.17, 15) is 30.6 Å². The van der Waals surface area contributed by atoms with Crippen molar-refractivity contribution in [3.8, 4) is 23.3 Å². The average Bonchev–Trinajstić information content (AvgIpc) is 3.70. The van der Waals surface area contributed by atoms with Crippen molar-refractivity contribution in [3.63, 3.8) is 0 Å². The zero-order chi connectivity index (χ0) is 42.2. The first-order valence-corrected chi connectivity index (χ1v) is 24.6. The maximum absolute atomic E-state index is 12.3. The number of rotatable bonds is 11. The number of hydrogen-bond acceptors (Lipinski definition) is 12. The summed E-state index contributed by atoms with van der Waals surface area (Å²) in [5, 5.41) is 69.7. The number of allylic oxidation sites excluding steroid dienone is 3. The van der Waals surface area contributed by atoms with Gasteiger partial charge in [0.05, 0.1) is 31.5 Å². The Morgan fingerprint density at radius 2 is 1.85 bits per heavy atom. The van der Waals surface area contributed by atoms with Gasteiger partial charge in [0.25, 0.3) is 0 Å². The van der Waals surface area contributed by atoms with Gasteiger partial charge in [0.15, 0.2) is 11.5 Å². The quantitative estimate of drug-likeness (QED) is 0.0804. The number of aromatic nitrogens is 1. The Labute approximate surface area is 363 Å². The van der Waals surface area contributed by atoms with Crippen LogP contribution < -0.4 is 15.8 Å². The summed E-state index contributed by atoms with van der Waals surface area (Å²) >= 11 is 0. The standard InChI is InChI=1S/C47H65N3O8S2/c1-2-29-18-31-21-40(54)43(24-37(31)38-23-41(55)45-30(20-36(29)38)10-9-28(12-15-51)6-3-4-8-42(45)57-17-16-52)58-44-22-32(19-34-7-5-13-49-34)35-11-14-50-47(48)39(35)27-60-59-26-33(25-53)46(44)56/h5,7,11,13,20-21,24,28-30,32-33,38,41-42,44-46,49-56H,2-4,6,8,12,14-19,22-23,25-27,48H2,1H3. The van der Waals surface area contributed by atoms with Crippen molar-refractivity contribution in [1.29, 1.82) is 0 Å². The molecule has 60 heavy (non-hydrogen) atoms. The number of aromatic amines is 1. The average molecular weight is 864 g/mol. The first-order valence-electron chi connectivity index (χ1n) is 22.1. The maximum atomic E-state index is 12.3. The number of nitrogens with one attached hydrogen (secondary N) is 2. The number of aliphatic hydroxyl groups is 5. The van der Waals surface area contributed by atoms with E-state index in [4.69, 9.17) is 15.2 Å². The Kier molecular flexibility index (Phi) is 16.0. The van der Waals surface area contributed by atoms with Gasteiger partial charge in [0.1, 0.15) is 11.9 Å². The van der Waals surface area contributed by atoms with Crippen LogP contribution in [0.25, 0.3) is 0 Å². The molecule has 13 heteroatoms. The van der Waals surface area contributed by atoms with E-state index in [1.54, 1.807) is 21.6 Å². The molecule has 0 spiro atoms. The molecule has 1 aromatic heterocycles. The summed E-state index contributed by atoms with van der Waals surface area (Å²) < 4.78 is 13.2. The first-order chi connectivity index (χ1) is 29.2. The highest BCUT2D eigenvalue weighted by atomic mass is 33.1. The molecule has 7 rings (SSSR count). The highest BCUT2D eigenvalue weighted by Crippen LogP contribution is 2.51. The van der Waals surface area contributed by atoms with E-state index in [1.165, 1.54) is 5.57 Å². The fourth-order valence-corrected chi connectivity index (χ4v) is 12.8. The zero-order valence-electron chi connectivity index (χ0n) is 34.8. The topological polar surface area (TPSA) is 194 Å². The predicted octanol–water partition coefficient (Wildman–Crippen LogP) is 5.32. The summed E-state index contributed by atoms with van der Waals surface area (Å²) in [6.07, 6.45) is 10.7. The van der Waals surface area contributed by atoms with E-state index in [1.807, 2.05) is 24.4 Å². The highest BCUT2D eigenvalue weighted by molar-refractivity contribution is 8.76. The Hall–Kier alpha value is -3.06. The van der Waals surface area contributed by atoms with E-state index >= 15 is 0 Å². The number of phenols is 1. The van der Waals surface area contributed by atoms with Crippen molar-refractivity contribution in [2.75, 3.05) is 44.5 Å². The third-order valence-electron chi connectivity index (χ3n) is 13.5. The smallest absolute Gasteiger partial charge is 0.161 e. The second-order valence-corrected chi connectivity index (χ2v) is 19.8. The van der Waals surface area contributed by atoms with Crippen LogP contribution in [-0.4, -0.2) is 105 Å². The molecule has 0 bridgehead atoms. The molecule has 0 amide bonds. The summed E-state index contributed by atoms with van der Waals surface area (Å²) in [7, 11) is 3.26. The minimum Gasteiger partial charge on any atom is -0.504 e. The van der Waals surface area contributed by atoms with Crippen molar-refractivity contribution in [3.05, 3.63) is 82.0 Å². The number of aliphatic hydroxyl groups excluding tert-OH is 5. The van der Waals surface area contributed by atoms with Crippen LogP contribution in [0.4, 0.5) is 0 Å². The van der Waals surface area contributed by atoms with Crippen molar-refractivity contribution in [1.82, 2.24) is 10.3 Å². The lowest BCUT2D eigenvalue weighted by atomic mass is 9.70. The molecule has 11 atom stereocenters. The molecule has 0 saturated carbocycles. The van der Waals surface area contributed by atoms with Gasteiger partial charge < -0.3 is 56.1 Å². The lowest BCUT2D eigenvalue weighted by Gasteiger charge is -2.37. The minimum atomic E-state index is -1.04. The van der Waals surface area contributed by atoms with Gasteiger partial charge in [-0.25, -0.2) is 0 Å². The van der Waals surface area contributed by atoms with Crippen LogP contribution in [0.5, 0.6) is 11.5 Å². The van der Waals surface area contributed by atoms with Gasteiger partial charge in [-0.05, 0) is 104 Å². The van der Waals surface area contributed by atoms with Gasteiger partial charge in [0.2, 0.25) is 0 Å². The third-order valence-corrected chi connectivity index (χ3v) is 15.9. The number of benzene rings is 1. The van der Waals surface area contributed by atoms with Crippen molar-refractivity contribution >= 4 is 21.6 Å². The maximum Gasteiger partial charge on any atom is 0.161 e. The lowest BCUT2D eigenvalue weighted by molar-refractivity contribution is -0.0603. The summed E-state index contributed by atoms with van der Waals surface area (Å²) in [6, 6.07) is 7.77. The predicted molar refractivity (Wildman–Crippen MR) is 238 cm³/mol. The second kappa shape index (κ2) is 21.3. The summed E-state index contributed by atoms with van der Waals surface area (Å²) in [6.45, 7) is 2.72. The normalized spacial score (nSPS) is 32.5. The molecule has 2 aliphatic heterocycles. The second-order valence-electron chi connectivity index (χ2n) is 17.3. The molecule has 1 aromatic carbocycles. The Morgan fingerprint density at radius 3 is 2.62 bits per heavy atom. The monoisotopic (exact) mass is 863 g/mol. The highest BCUT2D eigenvalue weighted by Gasteiger charge is 2.44. The number of fused-ring (bicyclic) bond motifs is 5. The number of phenolic OH excluding ortho intramolecular Hbond substituents is 1. The number of nitrogens with two attached hydrogens (primary N) is 1. The van der Waals surface area contributed by atoms with E-state index in [2.05, 4.69) is 47.3 Å². The molecule has 11 nitrogen and oxygen atoms in total. The number of ether oxygens (including phenoxy) is 2. The van der Waals surface area contributed by atoms with Gasteiger partial charge >= 0.3 is 0 Å². The Bertz CT molecular complexity index is 1890. The van der Waals surface area contributed by atoms with Crippen molar-refractivity contribution in [2.45, 2.75) is 101 Å². The summed E-state index contributed by atoms with van der Waals surface area (Å²) in [5.74, 6) is 8.10. The van der Waals surface area contributed by atoms with E-state index in [0.29, 0.717) is 56.0 Å². The SMILES string of the molecule is CCC1Cc2cc(O)c(OC3CC(Cc4ccc[nH]4)C4=CCNC(N)=C4CSSCC(CO)C3O)cc2C2CC(O)C3C(C#CC(CCO)CCCCC3OCCO)C=C12. The van der Waals surface area contributed by atoms with Crippen LogP contribution in [0.15, 0.2) is 65.2 Å². The minimum absolute atomic E-state index is 0.00330. The number of dihydropyridines is 1. The Morgan fingerprint density at radius 1 is 1.00 bits per heavy atom. The Balaban J connectivity index is 1.27. The van der Waals surface area contributed by atoms with Crippen LogP contribution in [0.3, 0.4) is 0 Å². The van der Waals surface area contributed by atoms with Gasteiger partial charge in [0, 0.05) is 78.3 Å². The lowest BCUT2D eigenvalue weighted by Crippen LogP contribution is -2.42. The molecule has 328 valence electrons. The van der Waals surface area contributed by atoms with Crippen LogP contribution >= 0.6 is 21.6 Å². The van der Waals surface area contributed by atoms with Crippen LogP contribution in [0.1, 0.15) is 81.0 Å². The van der Waals surface area contributed by atoms with Gasteiger partial charge in [-0.1, -0.05) is 70.9 Å². The molecule has 10 N–H and O–H groups in total. The van der Waals surface area contributed by atoms with Gasteiger partial charge in [-0.2, -0.15) is 0 Å². The molecule has 5 aliphatic rings. The fourth-order valence-electron chi connectivity index (χ4n) is 10.3. The molecular weight excluding hydrogens is 799 g/mol. The molecule has 0 radical (unpaired) electrons. The van der Waals surface area contributed by atoms with Crippen molar-refractivity contribution in [2.24, 2.45) is 41.2 Å². The summed E-state index contributed by atoms with van der Waals surface area (Å²) in [4.78, 5) is 3.36. The van der Waals surface area contributed by atoms with Crippen LogP contribution in [0.2, 0.25) is 0 Å². The first kappa shape index (κ1) is 45.0. The molecular formula is C47H65N3O8S2.